The lowest BCUT2D eigenvalue weighted by Gasteiger charge is -2.11. The minimum atomic E-state index is -0.668. The summed E-state index contributed by atoms with van der Waals surface area (Å²) in [5.41, 5.74) is 0.869. The quantitative estimate of drug-likeness (QED) is 0.444. The topological polar surface area (TPSA) is 100 Å². The molecule has 7 nitrogen and oxygen atoms in total. The number of hydrogen-bond donors (Lipinski definition) is 1. The lowest BCUT2D eigenvalue weighted by molar-refractivity contribution is 0.306. The number of nitrogens with zero attached hydrogens (tertiary/aromatic N) is 3. The number of rotatable bonds is 5. The van der Waals surface area contributed by atoms with E-state index in [1.165, 1.54) is 6.21 Å². The van der Waals surface area contributed by atoms with E-state index in [1.807, 2.05) is 0 Å². The van der Waals surface area contributed by atoms with Crippen LogP contribution in [0.25, 0.3) is 10.9 Å². The first-order valence-electron chi connectivity index (χ1n) is 9.36. The second kappa shape index (κ2) is 9.10. The molecule has 0 aliphatic rings. The summed E-state index contributed by atoms with van der Waals surface area (Å²) in [7, 11) is 0. The molecule has 4 rings (SSSR count). The van der Waals surface area contributed by atoms with E-state index in [9.17, 15) is 14.9 Å². The van der Waals surface area contributed by atoms with Crippen LogP contribution in [0.5, 0.6) is 5.75 Å². The van der Waals surface area contributed by atoms with Gasteiger partial charge in [-0.3, -0.25) is 4.79 Å². The van der Waals surface area contributed by atoms with E-state index >= 15 is 0 Å². The summed E-state index contributed by atoms with van der Waals surface area (Å²) in [5.74, 6) is 0.249. The third-order valence-corrected chi connectivity index (χ3v) is 5.20. The second-order valence-electron chi connectivity index (χ2n) is 6.71. The van der Waals surface area contributed by atoms with Gasteiger partial charge in [0.05, 0.1) is 38.8 Å². The highest BCUT2D eigenvalue weighted by molar-refractivity contribution is 6.37. The summed E-state index contributed by atoms with van der Waals surface area (Å²) in [4.78, 5) is 27.4. The Morgan fingerprint density at radius 2 is 1.75 bits per heavy atom. The number of benzene rings is 3. The number of hydrogen-bond acceptors (Lipinski definition) is 5. The van der Waals surface area contributed by atoms with Crippen molar-refractivity contribution in [1.29, 1.82) is 5.26 Å². The average Bonchev–Trinajstić information content (AvgIpc) is 2.78. The van der Waals surface area contributed by atoms with E-state index in [0.717, 1.165) is 4.68 Å². The molecule has 0 fully saturated rings. The summed E-state index contributed by atoms with van der Waals surface area (Å²) >= 11 is 12.6. The van der Waals surface area contributed by atoms with Crippen LogP contribution in [0.3, 0.4) is 0 Å². The minimum absolute atomic E-state index is 0.110. The summed E-state index contributed by atoms with van der Waals surface area (Å²) in [6.07, 6.45) is 1.30. The first kappa shape index (κ1) is 21.4. The molecule has 0 saturated carbocycles. The predicted octanol–water partition coefficient (Wildman–Crippen LogP) is 4.33. The van der Waals surface area contributed by atoms with Gasteiger partial charge in [0.1, 0.15) is 6.61 Å². The Balaban J connectivity index is 1.61. The van der Waals surface area contributed by atoms with Crippen molar-refractivity contribution in [2.75, 3.05) is 0 Å². The molecule has 3 aromatic carbocycles. The molecule has 0 amide bonds. The SMILES string of the molecule is N#Cc1ccccc1COc1c(Cl)cc(C=Nn2c(=O)[nH]c3ccccc3c2=O)cc1Cl. The van der Waals surface area contributed by atoms with Gasteiger partial charge in [0.25, 0.3) is 5.56 Å². The molecule has 4 aromatic rings. The number of halogens is 2. The van der Waals surface area contributed by atoms with E-state index in [4.69, 9.17) is 27.9 Å². The summed E-state index contributed by atoms with van der Waals surface area (Å²) < 4.78 is 6.46. The van der Waals surface area contributed by atoms with Crippen LogP contribution in [0.4, 0.5) is 0 Å². The van der Waals surface area contributed by atoms with E-state index in [-0.39, 0.29) is 22.4 Å². The van der Waals surface area contributed by atoms with Gasteiger partial charge in [-0.05, 0) is 35.9 Å². The third-order valence-electron chi connectivity index (χ3n) is 4.64. The highest BCUT2D eigenvalue weighted by atomic mass is 35.5. The molecule has 0 saturated heterocycles. The lowest BCUT2D eigenvalue weighted by atomic mass is 10.1. The van der Waals surface area contributed by atoms with Crippen molar-refractivity contribution in [2.45, 2.75) is 6.61 Å². The maximum atomic E-state index is 12.6. The van der Waals surface area contributed by atoms with Gasteiger partial charge in [-0.15, -0.1) is 4.68 Å². The fourth-order valence-electron chi connectivity index (χ4n) is 3.08. The molecule has 158 valence electrons. The van der Waals surface area contributed by atoms with Crippen molar-refractivity contribution in [1.82, 2.24) is 9.66 Å². The Bertz CT molecular complexity index is 1490. The van der Waals surface area contributed by atoms with E-state index in [1.54, 1.807) is 60.7 Å². The standard InChI is InChI=1S/C23H14Cl2N4O3/c24-18-9-14(10-19(25)21(18)32-13-16-6-2-1-5-15(16)11-26)12-27-29-22(30)17-7-3-4-8-20(17)28-23(29)31/h1-10,12H,13H2,(H,28,31). The van der Waals surface area contributed by atoms with Crippen molar-refractivity contribution in [3.05, 3.63) is 108 Å². The van der Waals surface area contributed by atoms with Crippen molar-refractivity contribution in [2.24, 2.45) is 5.10 Å². The van der Waals surface area contributed by atoms with Crippen LogP contribution < -0.4 is 16.0 Å². The van der Waals surface area contributed by atoms with Crippen molar-refractivity contribution in [3.63, 3.8) is 0 Å². The van der Waals surface area contributed by atoms with Crippen LogP contribution in [0.2, 0.25) is 10.0 Å². The fourth-order valence-corrected chi connectivity index (χ4v) is 3.69. The fraction of sp³-hybridized carbons (Fsp3) is 0.0435. The number of fused-ring (bicyclic) bond motifs is 1. The third kappa shape index (κ3) is 4.28. The van der Waals surface area contributed by atoms with Gasteiger partial charge >= 0.3 is 5.69 Å². The number of nitrogens with one attached hydrogen (secondary N) is 1. The Morgan fingerprint density at radius 3 is 2.50 bits per heavy atom. The van der Waals surface area contributed by atoms with E-state index < -0.39 is 11.2 Å². The molecule has 32 heavy (non-hydrogen) atoms. The maximum absolute atomic E-state index is 12.6. The molecule has 0 radical (unpaired) electrons. The highest BCUT2D eigenvalue weighted by Crippen LogP contribution is 2.34. The number of H-pyrrole nitrogens is 1. The molecule has 9 heteroatoms. The zero-order valence-corrected chi connectivity index (χ0v) is 17.9. The lowest BCUT2D eigenvalue weighted by Crippen LogP contribution is -2.32. The first-order chi connectivity index (χ1) is 15.5. The summed E-state index contributed by atoms with van der Waals surface area (Å²) in [5, 5.41) is 14.0. The number of para-hydroxylation sites is 1. The Kier molecular flexibility index (Phi) is 6.08. The molecular formula is C23H14Cl2N4O3. The van der Waals surface area contributed by atoms with Crippen LogP contribution >= 0.6 is 23.2 Å². The summed E-state index contributed by atoms with van der Waals surface area (Å²) in [6.45, 7) is 0.110. The Hall–Kier alpha value is -3.86. The van der Waals surface area contributed by atoms with E-state index in [2.05, 4.69) is 16.2 Å². The van der Waals surface area contributed by atoms with Gasteiger partial charge in [-0.1, -0.05) is 53.5 Å². The molecule has 0 aliphatic carbocycles. The molecule has 0 spiro atoms. The maximum Gasteiger partial charge on any atom is 0.349 e. The zero-order chi connectivity index (χ0) is 22.7. The molecule has 1 heterocycles. The smallest absolute Gasteiger partial charge is 0.349 e. The molecule has 0 atom stereocenters. The number of nitriles is 1. The Morgan fingerprint density at radius 1 is 1.06 bits per heavy atom. The highest BCUT2D eigenvalue weighted by Gasteiger charge is 2.11. The van der Waals surface area contributed by atoms with Gasteiger partial charge in [-0.2, -0.15) is 10.4 Å². The van der Waals surface area contributed by atoms with Crippen molar-refractivity contribution >= 4 is 40.3 Å². The van der Waals surface area contributed by atoms with Gasteiger partial charge < -0.3 is 9.72 Å². The molecular weight excluding hydrogens is 451 g/mol. The number of ether oxygens (including phenoxy) is 1. The number of aromatic amines is 1. The van der Waals surface area contributed by atoms with Gasteiger partial charge in [0.2, 0.25) is 0 Å². The van der Waals surface area contributed by atoms with Crippen molar-refractivity contribution in [3.8, 4) is 11.8 Å². The van der Waals surface area contributed by atoms with Gasteiger partial charge in [0.15, 0.2) is 5.75 Å². The normalized spacial score (nSPS) is 11.0. The molecule has 0 unspecified atom stereocenters. The predicted molar refractivity (Wildman–Crippen MR) is 124 cm³/mol. The number of aromatic nitrogens is 2. The molecule has 1 aromatic heterocycles. The van der Waals surface area contributed by atoms with Gasteiger partial charge in [0, 0.05) is 5.56 Å². The van der Waals surface area contributed by atoms with Crippen LogP contribution in [0.15, 0.2) is 75.4 Å². The largest absolute Gasteiger partial charge is 0.486 e. The van der Waals surface area contributed by atoms with Gasteiger partial charge in [-0.25, -0.2) is 4.79 Å². The Labute approximate surface area is 191 Å². The molecule has 1 N–H and O–H groups in total. The molecule has 0 aliphatic heterocycles. The van der Waals surface area contributed by atoms with Crippen LogP contribution in [-0.4, -0.2) is 15.9 Å². The monoisotopic (exact) mass is 464 g/mol. The van der Waals surface area contributed by atoms with Crippen LogP contribution in [0, 0.1) is 11.3 Å². The first-order valence-corrected chi connectivity index (χ1v) is 10.1. The van der Waals surface area contributed by atoms with Crippen LogP contribution in [0.1, 0.15) is 16.7 Å². The second-order valence-corrected chi connectivity index (χ2v) is 7.52. The molecule has 0 bridgehead atoms. The van der Waals surface area contributed by atoms with E-state index in [0.29, 0.717) is 27.6 Å². The average molecular weight is 465 g/mol. The van der Waals surface area contributed by atoms with Crippen molar-refractivity contribution < 1.29 is 4.74 Å². The van der Waals surface area contributed by atoms with Crippen LogP contribution in [-0.2, 0) is 6.61 Å². The zero-order valence-electron chi connectivity index (χ0n) is 16.4. The summed E-state index contributed by atoms with van der Waals surface area (Å²) in [6, 6.07) is 18.9. The minimum Gasteiger partial charge on any atom is -0.486 e.